The number of carbonyl (C=O) groups excluding carboxylic acids is 3. The van der Waals surface area contributed by atoms with Gasteiger partial charge < -0.3 is 19.7 Å². The van der Waals surface area contributed by atoms with Gasteiger partial charge in [0.15, 0.2) is 0 Å². The molecule has 2 fully saturated rings. The van der Waals surface area contributed by atoms with E-state index in [1.807, 2.05) is 36.6 Å². The molecule has 0 saturated carbocycles. The van der Waals surface area contributed by atoms with Crippen LogP contribution in [0.25, 0.3) is 0 Å². The lowest BCUT2D eigenvalue weighted by Gasteiger charge is -2.25. The highest BCUT2D eigenvalue weighted by molar-refractivity contribution is 7.10. The van der Waals surface area contributed by atoms with Crippen LogP contribution in [0.2, 0.25) is 0 Å². The number of thiophene rings is 1. The molecule has 0 aromatic carbocycles. The molecule has 3 aliphatic rings. The smallest absolute Gasteiger partial charge is 0.325 e. The van der Waals surface area contributed by atoms with Crippen LogP contribution in [0.5, 0.6) is 0 Å². The standard InChI is InChI=1S/C19H22N2O5S/c1-3-25-14(22)9-21-10-19-7-6-12(26-19)15(16(19)18(21)24)17(23)20-11(2)13-5-4-8-27-13/h4-8,11-12,15-16H,3,9-10H2,1-2H3,(H,20,23)/t11?,12-,15?,16-,19?/m1/s1. The third-order valence-electron chi connectivity index (χ3n) is 5.44. The minimum Gasteiger partial charge on any atom is -0.465 e. The Labute approximate surface area is 161 Å². The van der Waals surface area contributed by atoms with Crippen molar-refractivity contribution in [2.75, 3.05) is 19.7 Å². The van der Waals surface area contributed by atoms with Crippen molar-refractivity contribution in [3.63, 3.8) is 0 Å². The zero-order chi connectivity index (χ0) is 19.2. The second-order valence-electron chi connectivity index (χ2n) is 7.15. The minimum absolute atomic E-state index is 0.118. The fourth-order valence-corrected chi connectivity index (χ4v) is 5.03. The van der Waals surface area contributed by atoms with E-state index in [9.17, 15) is 14.4 Å². The summed E-state index contributed by atoms with van der Waals surface area (Å²) in [7, 11) is 0. The molecule has 1 aromatic heterocycles. The predicted octanol–water partition coefficient (Wildman–Crippen LogP) is 1.27. The molecule has 3 aliphatic heterocycles. The first kappa shape index (κ1) is 18.2. The number of carbonyl (C=O) groups is 3. The second kappa shape index (κ2) is 6.76. The largest absolute Gasteiger partial charge is 0.465 e. The number of esters is 1. The summed E-state index contributed by atoms with van der Waals surface area (Å²) in [4.78, 5) is 40.2. The second-order valence-corrected chi connectivity index (χ2v) is 8.12. The fraction of sp³-hybridized carbons (Fsp3) is 0.526. The molecule has 8 heteroatoms. The van der Waals surface area contributed by atoms with Gasteiger partial charge in [0.2, 0.25) is 11.8 Å². The number of amides is 2. The summed E-state index contributed by atoms with van der Waals surface area (Å²) in [6.45, 7) is 4.06. The van der Waals surface area contributed by atoms with Crippen molar-refractivity contribution in [3.8, 4) is 0 Å². The molecular formula is C19H22N2O5S. The van der Waals surface area contributed by atoms with Crippen LogP contribution in [0.3, 0.4) is 0 Å². The maximum atomic E-state index is 13.0. The molecule has 4 rings (SSSR count). The molecule has 7 nitrogen and oxygen atoms in total. The maximum Gasteiger partial charge on any atom is 0.325 e. The van der Waals surface area contributed by atoms with E-state index in [0.29, 0.717) is 0 Å². The Balaban J connectivity index is 1.50. The predicted molar refractivity (Wildman–Crippen MR) is 97.8 cm³/mol. The van der Waals surface area contributed by atoms with Crippen molar-refractivity contribution >= 4 is 29.1 Å². The van der Waals surface area contributed by atoms with Crippen molar-refractivity contribution in [3.05, 3.63) is 34.5 Å². The number of ether oxygens (including phenoxy) is 2. The summed E-state index contributed by atoms with van der Waals surface area (Å²) in [6, 6.07) is 3.77. The molecule has 27 heavy (non-hydrogen) atoms. The number of hydrogen-bond donors (Lipinski definition) is 1. The average Bonchev–Trinajstić information content (AvgIpc) is 3.37. The molecular weight excluding hydrogens is 368 g/mol. The van der Waals surface area contributed by atoms with Crippen LogP contribution < -0.4 is 5.32 Å². The number of hydrogen-bond acceptors (Lipinski definition) is 6. The Kier molecular flexibility index (Phi) is 4.55. The molecule has 0 aliphatic carbocycles. The maximum absolute atomic E-state index is 13.0. The number of nitrogens with one attached hydrogen (secondary N) is 1. The van der Waals surface area contributed by atoms with Crippen LogP contribution in [-0.4, -0.2) is 54.1 Å². The molecule has 0 radical (unpaired) electrons. The van der Waals surface area contributed by atoms with Crippen molar-refractivity contribution < 1.29 is 23.9 Å². The van der Waals surface area contributed by atoms with Gasteiger partial charge in [0.1, 0.15) is 12.1 Å². The molecule has 1 aromatic rings. The van der Waals surface area contributed by atoms with Gasteiger partial charge in [-0.3, -0.25) is 14.4 Å². The molecule has 4 heterocycles. The number of fused-ring (bicyclic) bond motifs is 1. The lowest BCUT2D eigenvalue weighted by Crippen LogP contribution is -2.44. The molecule has 2 bridgehead atoms. The third kappa shape index (κ3) is 2.96. The first-order valence-electron chi connectivity index (χ1n) is 9.10. The first-order valence-corrected chi connectivity index (χ1v) is 9.98. The number of rotatable bonds is 6. The van der Waals surface area contributed by atoms with Crippen LogP contribution in [0, 0.1) is 11.8 Å². The summed E-state index contributed by atoms with van der Waals surface area (Å²) < 4.78 is 11.0. The van der Waals surface area contributed by atoms with Gasteiger partial charge in [0.05, 0.1) is 37.1 Å². The van der Waals surface area contributed by atoms with E-state index in [2.05, 4.69) is 5.32 Å². The van der Waals surface area contributed by atoms with Gasteiger partial charge in [-0.1, -0.05) is 18.2 Å². The van der Waals surface area contributed by atoms with Crippen molar-refractivity contribution in [1.29, 1.82) is 0 Å². The van der Waals surface area contributed by atoms with Crippen LogP contribution in [0.4, 0.5) is 0 Å². The molecule has 5 atom stereocenters. The van der Waals surface area contributed by atoms with Crippen LogP contribution in [0.15, 0.2) is 29.7 Å². The van der Waals surface area contributed by atoms with E-state index in [0.717, 1.165) is 4.88 Å². The van der Waals surface area contributed by atoms with E-state index < -0.39 is 29.5 Å². The molecule has 144 valence electrons. The Morgan fingerprint density at radius 2 is 2.33 bits per heavy atom. The number of likely N-dealkylation sites (tertiary alicyclic amines) is 1. The topological polar surface area (TPSA) is 84.9 Å². The third-order valence-corrected chi connectivity index (χ3v) is 6.49. The van der Waals surface area contributed by atoms with Gasteiger partial charge in [-0.15, -0.1) is 11.3 Å². The SMILES string of the molecule is CCOC(=O)CN1CC23C=C[C@@H](O2)C(C(=O)NC(C)c2cccs2)[C@@H]3C1=O. The summed E-state index contributed by atoms with van der Waals surface area (Å²) in [5, 5.41) is 4.97. The van der Waals surface area contributed by atoms with Crippen molar-refractivity contribution in [2.45, 2.75) is 31.6 Å². The zero-order valence-corrected chi connectivity index (χ0v) is 16.0. The monoisotopic (exact) mass is 390 g/mol. The van der Waals surface area contributed by atoms with Crippen molar-refractivity contribution in [1.82, 2.24) is 10.2 Å². The van der Waals surface area contributed by atoms with Crippen molar-refractivity contribution in [2.24, 2.45) is 11.8 Å². The lowest BCUT2D eigenvalue weighted by atomic mass is 9.76. The minimum atomic E-state index is -0.817. The highest BCUT2D eigenvalue weighted by Crippen LogP contribution is 2.51. The average molecular weight is 390 g/mol. The highest BCUT2D eigenvalue weighted by Gasteiger charge is 2.67. The van der Waals surface area contributed by atoms with Gasteiger partial charge >= 0.3 is 5.97 Å². The Morgan fingerprint density at radius 1 is 1.52 bits per heavy atom. The molecule has 1 spiro atoms. The molecule has 1 N–H and O–H groups in total. The highest BCUT2D eigenvalue weighted by atomic mass is 32.1. The molecule has 3 unspecified atom stereocenters. The Hall–Kier alpha value is -2.19. The van der Waals surface area contributed by atoms with Gasteiger partial charge in [0, 0.05) is 4.88 Å². The zero-order valence-electron chi connectivity index (χ0n) is 15.2. The van der Waals surface area contributed by atoms with E-state index in [4.69, 9.17) is 9.47 Å². The number of nitrogens with zero attached hydrogens (tertiary/aromatic N) is 1. The lowest BCUT2D eigenvalue weighted by molar-refractivity contribution is -0.149. The molecule has 2 saturated heterocycles. The van der Waals surface area contributed by atoms with Crippen LogP contribution in [-0.2, 0) is 23.9 Å². The normalized spacial score (nSPS) is 31.9. The summed E-state index contributed by atoms with van der Waals surface area (Å²) >= 11 is 1.57. The van der Waals surface area contributed by atoms with Crippen LogP contribution >= 0.6 is 11.3 Å². The van der Waals surface area contributed by atoms with E-state index in [-0.39, 0.29) is 37.6 Å². The summed E-state index contributed by atoms with van der Waals surface area (Å²) in [5.74, 6) is -2.05. The van der Waals surface area contributed by atoms with Gasteiger partial charge in [-0.05, 0) is 25.3 Å². The fourth-order valence-electron chi connectivity index (χ4n) is 4.29. The van der Waals surface area contributed by atoms with E-state index >= 15 is 0 Å². The quantitative estimate of drug-likeness (QED) is 0.584. The van der Waals surface area contributed by atoms with Gasteiger partial charge in [-0.25, -0.2) is 0 Å². The van der Waals surface area contributed by atoms with Gasteiger partial charge in [0.25, 0.3) is 0 Å². The van der Waals surface area contributed by atoms with Crippen LogP contribution in [0.1, 0.15) is 24.8 Å². The summed E-state index contributed by atoms with van der Waals surface area (Å²) in [5.41, 5.74) is -0.817. The Bertz CT molecular complexity index is 792. The molecule has 2 amide bonds. The summed E-state index contributed by atoms with van der Waals surface area (Å²) in [6.07, 6.45) is 3.33. The first-order chi connectivity index (χ1) is 12.9. The Morgan fingerprint density at radius 3 is 3.04 bits per heavy atom. The van der Waals surface area contributed by atoms with E-state index in [1.54, 1.807) is 18.3 Å². The van der Waals surface area contributed by atoms with E-state index in [1.165, 1.54) is 4.90 Å². The van der Waals surface area contributed by atoms with Gasteiger partial charge in [-0.2, -0.15) is 0 Å².